The van der Waals surface area contributed by atoms with Crippen molar-refractivity contribution < 1.29 is 27.5 Å². The predicted octanol–water partition coefficient (Wildman–Crippen LogP) is 3.93. The summed E-state index contributed by atoms with van der Waals surface area (Å²) >= 11 is 7.70. The number of likely N-dealkylation sites (N-methyl/N-ethyl adjacent to an activating group) is 1. The maximum Gasteiger partial charge on any atom is 0.338 e. The number of esters is 1. The number of likely N-dealkylation sites (tertiary alicyclic amines) is 1. The largest absolute Gasteiger partial charge is 0.463 e. The molecule has 2 aliphatic heterocycles. The second-order valence-electron chi connectivity index (χ2n) is 9.47. The second-order valence-corrected chi connectivity index (χ2v) is 10.8. The van der Waals surface area contributed by atoms with E-state index < -0.39 is 36.2 Å². The third kappa shape index (κ3) is 6.86. The van der Waals surface area contributed by atoms with Crippen LogP contribution in [0.4, 0.5) is 13.2 Å². The van der Waals surface area contributed by atoms with Gasteiger partial charge in [0, 0.05) is 46.9 Å². The predicted molar refractivity (Wildman–Crippen MR) is 143 cm³/mol. The minimum Gasteiger partial charge on any atom is -0.463 e. The van der Waals surface area contributed by atoms with E-state index in [9.17, 15) is 14.0 Å². The molecule has 0 aliphatic carbocycles. The van der Waals surface area contributed by atoms with Crippen LogP contribution in [-0.2, 0) is 14.3 Å². The highest BCUT2D eigenvalue weighted by atomic mass is 35.5. The molecule has 3 heterocycles. The number of aliphatic imine (C=N–C) groups is 1. The van der Waals surface area contributed by atoms with E-state index in [1.54, 1.807) is 35.3 Å². The van der Waals surface area contributed by atoms with Gasteiger partial charge in [-0.15, -0.1) is 11.3 Å². The zero-order valence-corrected chi connectivity index (χ0v) is 23.1. The highest BCUT2D eigenvalue weighted by Gasteiger charge is 2.45. The van der Waals surface area contributed by atoms with Crippen molar-refractivity contribution in [1.29, 1.82) is 0 Å². The third-order valence-corrected chi connectivity index (χ3v) is 7.75. The van der Waals surface area contributed by atoms with Crippen molar-refractivity contribution in [1.82, 2.24) is 20.1 Å². The topological polar surface area (TPSA) is 87.1 Å². The van der Waals surface area contributed by atoms with Crippen LogP contribution in [0.15, 0.2) is 46.0 Å². The number of benzene rings is 1. The normalized spacial score (nSPS) is 21.5. The molecule has 39 heavy (non-hydrogen) atoms. The van der Waals surface area contributed by atoms with Gasteiger partial charge in [0.15, 0.2) is 10.8 Å². The maximum absolute atomic E-state index is 15.2. The van der Waals surface area contributed by atoms with Crippen LogP contribution in [0.1, 0.15) is 30.0 Å². The van der Waals surface area contributed by atoms with Crippen LogP contribution in [0, 0.1) is 11.7 Å². The fourth-order valence-electron chi connectivity index (χ4n) is 4.78. The van der Waals surface area contributed by atoms with Crippen LogP contribution in [0.3, 0.4) is 0 Å². The molecule has 1 aromatic heterocycles. The van der Waals surface area contributed by atoms with Gasteiger partial charge in [-0.1, -0.05) is 17.7 Å². The number of alkyl halides is 2. The number of aromatic nitrogens is 1. The summed E-state index contributed by atoms with van der Waals surface area (Å²) in [6, 6.07) is 2.83. The molecule has 4 rings (SSSR count). The van der Waals surface area contributed by atoms with E-state index in [1.807, 2.05) is 0 Å². The molecular formula is C26H29ClF3N5O3S. The number of aldehydes is 1. The van der Waals surface area contributed by atoms with Crippen molar-refractivity contribution in [2.75, 3.05) is 46.4 Å². The first kappa shape index (κ1) is 29.2. The quantitative estimate of drug-likeness (QED) is 0.335. The molecule has 1 N–H and O–H groups in total. The molecule has 1 aromatic carbocycles. The number of halogens is 4. The number of ether oxygens (including phenoxy) is 1. The standard InChI is InChI=1S/C26H29ClF3N5O3S/c1-3-38-25(37)21-20(14-35-8-6-16(26(29,30)15-35)13-34(2)9-10-36)32-23(24-31-7-11-39-24)33-22(21)18-5-4-17(28)12-19(18)27/h4-5,7,10-12,16,22H,3,6,8-9,13-15H2,1-2H3,(H,32,33)/t16?,22-/m0/s1. The molecule has 2 aromatic rings. The van der Waals surface area contributed by atoms with Gasteiger partial charge in [0.25, 0.3) is 5.92 Å². The van der Waals surface area contributed by atoms with Crippen LogP contribution < -0.4 is 5.32 Å². The van der Waals surface area contributed by atoms with Gasteiger partial charge < -0.3 is 14.8 Å². The van der Waals surface area contributed by atoms with Crippen LogP contribution in [0.25, 0.3) is 0 Å². The fraction of sp³-hybridized carbons (Fsp3) is 0.462. The fourth-order valence-corrected chi connectivity index (χ4v) is 5.64. The van der Waals surface area contributed by atoms with E-state index in [4.69, 9.17) is 21.3 Å². The first-order valence-electron chi connectivity index (χ1n) is 12.4. The molecule has 0 amide bonds. The molecule has 13 heteroatoms. The van der Waals surface area contributed by atoms with Crippen LogP contribution in [0.2, 0.25) is 5.02 Å². The van der Waals surface area contributed by atoms with E-state index in [0.29, 0.717) is 34.9 Å². The Morgan fingerprint density at radius 3 is 2.85 bits per heavy atom. The van der Waals surface area contributed by atoms with E-state index in [-0.39, 0.29) is 43.3 Å². The number of nitrogens with zero attached hydrogens (tertiary/aromatic N) is 4. The zero-order valence-electron chi connectivity index (χ0n) is 21.5. The van der Waals surface area contributed by atoms with Crippen LogP contribution >= 0.6 is 22.9 Å². The van der Waals surface area contributed by atoms with E-state index in [1.165, 1.54) is 23.5 Å². The molecule has 0 saturated carbocycles. The molecule has 1 unspecified atom stereocenters. The van der Waals surface area contributed by atoms with Gasteiger partial charge in [-0.05, 0) is 39.1 Å². The average Bonchev–Trinajstić information content (AvgIpc) is 3.40. The Morgan fingerprint density at radius 2 is 2.21 bits per heavy atom. The van der Waals surface area contributed by atoms with Crippen molar-refractivity contribution in [2.24, 2.45) is 10.9 Å². The summed E-state index contributed by atoms with van der Waals surface area (Å²) in [6.07, 6.45) is 2.50. The summed E-state index contributed by atoms with van der Waals surface area (Å²) in [5.74, 6) is -4.80. The second kappa shape index (κ2) is 12.6. The van der Waals surface area contributed by atoms with E-state index >= 15 is 8.78 Å². The van der Waals surface area contributed by atoms with Gasteiger partial charge >= 0.3 is 5.97 Å². The first-order chi connectivity index (χ1) is 18.6. The number of amidine groups is 1. The lowest BCUT2D eigenvalue weighted by Gasteiger charge is -2.40. The highest BCUT2D eigenvalue weighted by molar-refractivity contribution is 7.11. The van der Waals surface area contributed by atoms with E-state index in [2.05, 4.69) is 10.3 Å². The van der Waals surface area contributed by atoms with Crippen molar-refractivity contribution in [3.8, 4) is 0 Å². The van der Waals surface area contributed by atoms with Gasteiger partial charge in [-0.25, -0.2) is 22.9 Å². The summed E-state index contributed by atoms with van der Waals surface area (Å²) in [5, 5.41) is 5.49. The Balaban J connectivity index is 1.69. The third-order valence-electron chi connectivity index (χ3n) is 6.64. The number of hydrogen-bond acceptors (Lipinski definition) is 9. The molecule has 0 spiro atoms. The smallest absolute Gasteiger partial charge is 0.338 e. The van der Waals surface area contributed by atoms with Crippen molar-refractivity contribution in [3.05, 3.63) is 62.5 Å². The molecule has 210 valence electrons. The molecular weight excluding hydrogens is 555 g/mol. The molecule has 2 aliphatic rings. The van der Waals surface area contributed by atoms with E-state index in [0.717, 1.165) is 6.07 Å². The highest BCUT2D eigenvalue weighted by Crippen LogP contribution is 2.38. The number of rotatable bonds is 10. The Morgan fingerprint density at radius 1 is 1.41 bits per heavy atom. The number of carbonyl (C=O) groups excluding carboxylic acids is 2. The molecule has 2 atom stereocenters. The number of piperidine rings is 1. The van der Waals surface area contributed by atoms with Gasteiger partial charge in [0.05, 0.1) is 25.3 Å². The van der Waals surface area contributed by atoms with Gasteiger partial charge in [-0.2, -0.15) is 0 Å². The summed E-state index contributed by atoms with van der Waals surface area (Å²) in [6.45, 7) is 1.73. The Kier molecular flexibility index (Phi) is 9.42. The Hall–Kier alpha value is -2.80. The number of nitrogens with one attached hydrogen (secondary N) is 1. The Bertz CT molecular complexity index is 1260. The minimum atomic E-state index is -3.01. The average molecular weight is 584 g/mol. The summed E-state index contributed by atoms with van der Waals surface area (Å²) < 4.78 is 49.6. The summed E-state index contributed by atoms with van der Waals surface area (Å²) in [5.41, 5.74) is 0.824. The molecule has 1 saturated heterocycles. The van der Waals surface area contributed by atoms with Crippen molar-refractivity contribution in [2.45, 2.75) is 25.3 Å². The zero-order chi connectivity index (χ0) is 28.2. The lowest BCUT2D eigenvalue weighted by Crippen LogP contribution is -2.53. The lowest BCUT2D eigenvalue weighted by atomic mass is 9.91. The van der Waals surface area contributed by atoms with Crippen LogP contribution in [-0.4, -0.2) is 85.2 Å². The Labute approximate surface area is 233 Å². The first-order valence-corrected chi connectivity index (χ1v) is 13.7. The van der Waals surface area contributed by atoms with Gasteiger partial charge in [-0.3, -0.25) is 14.8 Å². The molecule has 1 fully saturated rings. The van der Waals surface area contributed by atoms with Crippen LogP contribution in [0.5, 0.6) is 0 Å². The van der Waals surface area contributed by atoms with Gasteiger partial charge in [0.2, 0.25) is 0 Å². The number of carbonyl (C=O) groups is 2. The minimum absolute atomic E-state index is 0.0135. The SMILES string of the molecule is CCOC(=O)C1=C(CN2CCC(CN(C)CC=O)C(F)(F)C2)NC(c2nccs2)=N[C@H]1c1ccc(F)cc1Cl. The molecule has 0 radical (unpaired) electrons. The number of thiazole rings is 1. The molecule has 0 bridgehead atoms. The number of hydrogen-bond donors (Lipinski definition) is 1. The maximum atomic E-state index is 15.2. The summed E-state index contributed by atoms with van der Waals surface area (Å²) in [7, 11) is 1.64. The van der Waals surface area contributed by atoms with Crippen molar-refractivity contribution in [3.63, 3.8) is 0 Å². The summed E-state index contributed by atoms with van der Waals surface area (Å²) in [4.78, 5) is 36.2. The monoisotopic (exact) mass is 583 g/mol. The molecule has 8 nitrogen and oxygen atoms in total. The lowest BCUT2D eigenvalue weighted by molar-refractivity contribution is -0.139. The van der Waals surface area contributed by atoms with Crippen molar-refractivity contribution >= 4 is 41.0 Å². The van der Waals surface area contributed by atoms with Gasteiger partial charge in [0.1, 0.15) is 18.1 Å².